The second-order valence-corrected chi connectivity index (χ2v) is 7.61. The molecule has 0 saturated carbocycles. The number of hydrogen-bond donors (Lipinski definition) is 0. The lowest BCUT2D eigenvalue weighted by molar-refractivity contribution is -0.0969. The summed E-state index contributed by atoms with van der Waals surface area (Å²) in [5.74, 6) is 0.221. The summed E-state index contributed by atoms with van der Waals surface area (Å²) in [6.07, 6.45) is 1.82. The van der Waals surface area contributed by atoms with Crippen molar-refractivity contribution in [1.29, 1.82) is 0 Å². The van der Waals surface area contributed by atoms with Crippen molar-refractivity contribution < 1.29 is 14.3 Å². The highest BCUT2D eigenvalue weighted by molar-refractivity contribution is 7.13. The molecule has 1 atom stereocenters. The van der Waals surface area contributed by atoms with Gasteiger partial charge in [-0.3, -0.25) is 4.79 Å². The van der Waals surface area contributed by atoms with Crippen molar-refractivity contribution in [2.45, 2.75) is 19.1 Å². The number of hydrogen-bond acceptors (Lipinski definition) is 5. The van der Waals surface area contributed by atoms with Crippen LogP contribution in [0.5, 0.6) is 0 Å². The molecular weight excluding hydrogens is 360 g/mol. The minimum absolute atomic E-state index is 0.0211. The molecule has 2 aromatic rings. The quantitative estimate of drug-likeness (QED) is 0.817. The summed E-state index contributed by atoms with van der Waals surface area (Å²) in [4.78, 5) is 19.2. The van der Waals surface area contributed by atoms with E-state index >= 15 is 0 Å². The van der Waals surface area contributed by atoms with Crippen LogP contribution < -0.4 is 0 Å². The minimum Gasteiger partial charge on any atom is -0.350 e. The Balaban J connectivity index is 1.47. The van der Waals surface area contributed by atoms with Gasteiger partial charge in [0.15, 0.2) is 6.29 Å². The number of nitrogens with zero attached hydrogens (tertiary/aromatic N) is 2. The summed E-state index contributed by atoms with van der Waals surface area (Å²) in [7, 11) is 0. The van der Waals surface area contributed by atoms with Gasteiger partial charge < -0.3 is 14.4 Å². The van der Waals surface area contributed by atoms with Crippen LogP contribution in [-0.2, 0) is 9.47 Å². The van der Waals surface area contributed by atoms with Gasteiger partial charge in [-0.05, 0) is 25.0 Å². The molecule has 0 N–H and O–H groups in total. The second kappa shape index (κ2) is 7.41. The molecule has 5 nitrogen and oxygen atoms in total. The molecule has 4 rings (SSSR count). The van der Waals surface area contributed by atoms with Crippen LogP contribution in [0.2, 0.25) is 5.02 Å². The lowest BCUT2D eigenvalue weighted by Gasteiger charge is -2.34. The normalized spacial score (nSPS) is 21.6. The summed E-state index contributed by atoms with van der Waals surface area (Å²) in [6, 6.07) is 7.52. The number of carbonyl (C=O) groups excluding carboxylic acids is 1. The molecule has 0 aliphatic carbocycles. The highest BCUT2D eigenvalue weighted by atomic mass is 35.5. The van der Waals surface area contributed by atoms with E-state index in [1.807, 2.05) is 34.5 Å². The van der Waals surface area contributed by atoms with Gasteiger partial charge in [-0.2, -0.15) is 0 Å². The maximum Gasteiger partial charge on any atom is 0.273 e. The third-order valence-corrected chi connectivity index (χ3v) is 5.70. The molecule has 0 radical (unpaired) electrons. The number of amides is 1. The van der Waals surface area contributed by atoms with E-state index in [0.717, 1.165) is 30.0 Å². The van der Waals surface area contributed by atoms with Crippen molar-refractivity contribution in [3.8, 4) is 10.6 Å². The Morgan fingerprint density at radius 2 is 2.16 bits per heavy atom. The average molecular weight is 379 g/mol. The first-order valence-corrected chi connectivity index (χ1v) is 9.70. The molecule has 132 valence electrons. The molecule has 25 heavy (non-hydrogen) atoms. The molecule has 1 aromatic heterocycles. The number of carbonyl (C=O) groups is 1. The summed E-state index contributed by atoms with van der Waals surface area (Å²) in [5.41, 5.74) is 1.43. The molecule has 2 fully saturated rings. The van der Waals surface area contributed by atoms with E-state index < -0.39 is 0 Å². The number of thiazole rings is 1. The van der Waals surface area contributed by atoms with Crippen LogP contribution in [0.4, 0.5) is 0 Å². The van der Waals surface area contributed by atoms with Crippen molar-refractivity contribution in [1.82, 2.24) is 9.88 Å². The summed E-state index contributed by atoms with van der Waals surface area (Å²) in [5, 5.41) is 3.29. The molecule has 2 aliphatic heterocycles. The largest absolute Gasteiger partial charge is 0.350 e. The molecule has 1 unspecified atom stereocenters. The van der Waals surface area contributed by atoms with Gasteiger partial charge >= 0.3 is 0 Å². The highest BCUT2D eigenvalue weighted by Crippen LogP contribution is 2.29. The lowest BCUT2D eigenvalue weighted by atomic mass is 9.97. The zero-order valence-electron chi connectivity index (χ0n) is 13.7. The van der Waals surface area contributed by atoms with Crippen molar-refractivity contribution >= 4 is 28.8 Å². The van der Waals surface area contributed by atoms with Gasteiger partial charge in [-0.25, -0.2) is 4.98 Å². The Morgan fingerprint density at radius 1 is 1.32 bits per heavy atom. The lowest BCUT2D eigenvalue weighted by Crippen LogP contribution is -2.43. The van der Waals surface area contributed by atoms with Crippen molar-refractivity contribution in [2.75, 3.05) is 26.3 Å². The first kappa shape index (κ1) is 17.0. The van der Waals surface area contributed by atoms with E-state index in [1.165, 1.54) is 11.3 Å². The number of ether oxygens (including phenoxy) is 2. The van der Waals surface area contributed by atoms with Gasteiger partial charge in [-0.15, -0.1) is 11.3 Å². The Kier molecular flexibility index (Phi) is 5.03. The van der Waals surface area contributed by atoms with E-state index in [0.29, 0.717) is 30.5 Å². The summed E-state index contributed by atoms with van der Waals surface area (Å²) >= 11 is 7.51. The predicted octanol–water partition coefficient (Wildman–Crippen LogP) is 3.69. The SMILES string of the molecule is O=C(c1csc(-c2cccc(Cl)c2)n1)N1CCCC(C2OCCO2)C1. The molecule has 0 bridgehead atoms. The monoisotopic (exact) mass is 378 g/mol. The maximum atomic E-state index is 12.8. The molecule has 1 aromatic carbocycles. The van der Waals surface area contributed by atoms with Crippen molar-refractivity contribution in [3.63, 3.8) is 0 Å². The van der Waals surface area contributed by atoms with Crippen molar-refractivity contribution in [3.05, 3.63) is 40.4 Å². The van der Waals surface area contributed by atoms with Crippen LogP contribution in [0, 0.1) is 5.92 Å². The fourth-order valence-corrected chi connectivity index (χ4v) is 4.33. The van der Waals surface area contributed by atoms with E-state index in [2.05, 4.69) is 4.98 Å². The Bertz CT molecular complexity index is 760. The van der Waals surface area contributed by atoms with Crippen LogP contribution in [0.15, 0.2) is 29.6 Å². The van der Waals surface area contributed by atoms with E-state index in [1.54, 1.807) is 0 Å². The van der Waals surface area contributed by atoms with Crippen LogP contribution in [0.25, 0.3) is 10.6 Å². The third kappa shape index (κ3) is 3.72. The van der Waals surface area contributed by atoms with Crippen molar-refractivity contribution in [2.24, 2.45) is 5.92 Å². The molecule has 0 spiro atoms. The number of halogens is 1. The number of benzene rings is 1. The Hall–Kier alpha value is -1.47. The van der Waals surface area contributed by atoms with Gasteiger partial charge in [-0.1, -0.05) is 23.7 Å². The topological polar surface area (TPSA) is 51.7 Å². The summed E-state index contributed by atoms with van der Waals surface area (Å²) in [6.45, 7) is 2.70. The van der Waals surface area contributed by atoms with Gasteiger partial charge in [0.05, 0.1) is 13.2 Å². The predicted molar refractivity (Wildman–Crippen MR) is 96.9 cm³/mol. The Morgan fingerprint density at radius 3 is 2.96 bits per heavy atom. The van der Waals surface area contributed by atoms with E-state index in [4.69, 9.17) is 21.1 Å². The second-order valence-electron chi connectivity index (χ2n) is 6.31. The fraction of sp³-hybridized carbons (Fsp3) is 0.444. The number of piperidine rings is 1. The van der Waals surface area contributed by atoms with Gasteiger partial charge in [0.1, 0.15) is 10.7 Å². The molecule has 7 heteroatoms. The fourth-order valence-electron chi connectivity index (χ4n) is 3.35. The van der Waals surface area contributed by atoms with Crippen LogP contribution >= 0.6 is 22.9 Å². The summed E-state index contributed by atoms with van der Waals surface area (Å²) < 4.78 is 11.2. The van der Waals surface area contributed by atoms with Crippen LogP contribution in [0.1, 0.15) is 23.3 Å². The Labute approximate surface area is 155 Å². The molecule has 2 aliphatic rings. The average Bonchev–Trinajstić information content (AvgIpc) is 3.33. The number of rotatable bonds is 3. The molecule has 2 saturated heterocycles. The zero-order valence-corrected chi connectivity index (χ0v) is 15.3. The first-order valence-electron chi connectivity index (χ1n) is 8.44. The number of likely N-dealkylation sites (tertiary alicyclic amines) is 1. The first-order chi connectivity index (χ1) is 12.2. The van der Waals surface area contributed by atoms with Gasteiger partial charge in [0, 0.05) is 35.0 Å². The molecular formula is C18H19ClN2O3S. The van der Waals surface area contributed by atoms with Crippen LogP contribution in [0.3, 0.4) is 0 Å². The standard InChI is InChI=1S/C18H19ClN2O3S/c19-14-5-1-3-12(9-14)16-20-15(11-25-16)17(22)21-6-2-4-13(10-21)18-23-7-8-24-18/h1,3,5,9,11,13,18H,2,4,6-8,10H2. The van der Waals surface area contributed by atoms with E-state index in [-0.39, 0.29) is 18.1 Å². The number of aromatic nitrogens is 1. The van der Waals surface area contributed by atoms with E-state index in [9.17, 15) is 4.79 Å². The van der Waals surface area contributed by atoms with Crippen LogP contribution in [-0.4, -0.2) is 48.4 Å². The van der Waals surface area contributed by atoms with Gasteiger partial charge in [0.25, 0.3) is 5.91 Å². The molecule has 1 amide bonds. The minimum atomic E-state index is -0.173. The third-order valence-electron chi connectivity index (χ3n) is 4.57. The maximum absolute atomic E-state index is 12.8. The van der Waals surface area contributed by atoms with Gasteiger partial charge in [0.2, 0.25) is 0 Å². The zero-order chi connectivity index (χ0) is 17.2. The smallest absolute Gasteiger partial charge is 0.273 e. The highest BCUT2D eigenvalue weighted by Gasteiger charge is 2.33. The molecule has 3 heterocycles.